The molecule has 0 unspecified atom stereocenters. The van der Waals surface area contributed by atoms with Crippen molar-refractivity contribution in [2.75, 3.05) is 0 Å². The zero-order valence-electron chi connectivity index (χ0n) is 13.3. The molecule has 3 aromatic rings. The van der Waals surface area contributed by atoms with Crippen LogP contribution in [0.3, 0.4) is 0 Å². The van der Waals surface area contributed by atoms with Gasteiger partial charge in [0.2, 0.25) is 0 Å². The summed E-state index contributed by atoms with van der Waals surface area (Å²) in [6.45, 7) is 5.94. The minimum atomic E-state index is -0.389. The van der Waals surface area contributed by atoms with Crippen LogP contribution in [0.1, 0.15) is 41.3 Å². The minimum Gasteiger partial charge on any atom is -0.459 e. The molecular weight excluding hydrogens is 292 g/mol. The van der Waals surface area contributed by atoms with Crippen molar-refractivity contribution >= 4 is 22.6 Å². The van der Waals surface area contributed by atoms with E-state index in [4.69, 9.17) is 8.83 Å². The molecule has 0 saturated carbocycles. The zero-order chi connectivity index (χ0) is 16.4. The van der Waals surface area contributed by atoms with Gasteiger partial charge in [-0.2, -0.15) is 5.10 Å². The summed E-state index contributed by atoms with van der Waals surface area (Å²) in [4.78, 5) is 11.9. The molecule has 3 rings (SSSR count). The predicted molar refractivity (Wildman–Crippen MR) is 88.7 cm³/mol. The highest BCUT2D eigenvalue weighted by Crippen LogP contribution is 2.27. The fraction of sp³-hybridized carbons (Fsp3) is 0.222. The SMILES string of the molecule is CCc1c(/C(C)=N\NC(=O)c2ccco2)oc2ccc(C)cc12. The molecule has 118 valence electrons. The van der Waals surface area contributed by atoms with E-state index in [0.29, 0.717) is 11.5 Å². The lowest BCUT2D eigenvalue weighted by Gasteiger charge is -2.01. The number of rotatable bonds is 4. The van der Waals surface area contributed by atoms with Gasteiger partial charge in [0.05, 0.1) is 6.26 Å². The van der Waals surface area contributed by atoms with Crippen molar-refractivity contribution in [2.45, 2.75) is 27.2 Å². The standard InChI is InChI=1S/C18H18N2O3/c1-4-13-14-10-11(2)7-8-15(14)23-17(13)12(3)19-20-18(21)16-6-5-9-22-16/h5-10H,4H2,1-3H3,(H,20,21)/b19-12-. The second-order valence-corrected chi connectivity index (χ2v) is 5.38. The van der Waals surface area contributed by atoms with Crippen LogP contribution < -0.4 is 5.43 Å². The third-order valence-electron chi connectivity index (χ3n) is 3.70. The van der Waals surface area contributed by atoms with Crippen molar-refractivity contribution in [3.05, 3.63) is 59.2 Å². The molecule has 0 aliphatic rings. The molecule has 1 aromatic carbocycles. The molecule has 0 aliphatic carbocycles. The first kappa shape index (κ1) is 15.1. The Morgan fingerprint density at radius 3 is 2.83 bits per heavy atom. The fourth-order valence-corrected chi connectivity index (χ4v) is 2.55. The molecule has 1 N–H and O–H groups in total. The molecule has 5 nitrogen and oxygen atoms in total. The molecule has 0 fully saturated rings. The monoisotopic (exact) mass is 310 g/mol. The Hall–Kier alpha value is -2.82. The molecule has 2 heterocycles. The van der Waals surface area contributed by atoms with Crippen molar-refractivity contribution < 1.29 is 13.6 Å². The van der Waals surface area contributed by atoms with Crippen LogP contribution >= 0.6 is 0 Å². The summed E-state index contributed by atoms with van der Waals surface area (Å²) in [6, 6.07) is 9.32. The number of carbonyl (C=O) groups is 1. The van der Waals surface area contributed by atoms with Crippen molar-refractivity contribution in [3.63, 3.8) is 0 Å². The molecule has 5 heteroatoms. The van der Waals surface area contributed by atoms with Gasteiger partial charge in [-0.25, -0.2) is 5.43 Å². The van der Waals surface area contributed by atoms with Crippen LogP contribution in [0.15, 0.2) is 50.5 Å². The van der Waals surface area contributed by atoms with E-state index in [9.17, 15) is 4.79 Å². The fourth-order valence-electron chi connectivity index (χ4n) is 2.55. The molecule has 0 radical (unpaired) electrons. The van der Waals surface area contributed by atoms with E-state index < -0.39 is 0 Å². The van der Waals surface area contributed by atoms with Gasteiger partial charge in [0.15, 0.2) is 11.5 Å². The molecule has 2 aromatic heterocycles. The van der Waals surface area contributed by atoms with Gasteiger partial charge in [0, 0.05) is 10.9 Å². The maximum absolute atomic E-state index is 11.9. The third kappa shape index (κ3) is 2.90. The summed E-state index contributed by atoms with van der Waals surface area (Å²) in [5.74, 6) is 0.532. The van der Waals surface area contributed by atoms with Gasteiger partial charge in [-0.1, -0.05) is 18.6 Å². The topological polar surface area (TPSA) is 67.7 Å². The number of carbonyl (C=O) groups excluding carboxylic acids is 1. The summed E-state index contributed by atoms with van der Waals surface area (Å²) in [5.41, 5.74) is 6.21. The molecule has 0 bridgehead atoms. The van der Waals surface area contributed by atoms with Gasteiger partial charge < -0.3 is 8.83 Å². The number of aryl methyl sites for hydroxylation is 2. The summed E-state index contributed by atoms with van der Waals surface area (Å²) in [5, 5.41) is 5.23. The largest absolute Gasteiger partial charge is 0.459 e. The number of nitrogens with one attached hydrogen (secondary N) is 1. The summed E-state index contributed by atoms with van der Waals surface area (Å²) in [7, 11) is 0. The number of furan rings is 2. The highest BCUT2D eigenvalue weighted by atomic mass is 16.3. The highest BCUT2D eigenvalue weighted by molar-refractivity contribution is 6.03. The first-order valence-corrected chi connectivity index (χ1v) is 7.50. The van der Waals surface area contributed by atoms with Gasteiger partial charge >= 0.3 is 5.91 Å². The smallest absolute Gasteiger partial charge is 0.307 e. The van der Waals surface area contributed by atoms with Crippen LogP contribution in [0.5, 0.6) is 0 Å². The first-order chi connectivity index (χ1) is 11.1. The van der Waals surface area contributed by atoms with Gasteiger partial charge in [-0.05, 0) is 44.5 Å². The normalized spacial score (nSPS) is 11.9. The van der Waals surface area contributed by atoms with Crippen LogP contribution in [-0.4, -0.2) is 11.6 Å². The van der Waals surface area contributed by atoms with Crippen molar-refractivity contribution in [2.24, 2.45) is 5.10 Å². The average Bonchev–Trinajstić information content (AvgIpc) is 3.19. The Balaban J connectivity index is 1.92. The quantitative estimate of drug-likeness (QED) is 0.584. The molecule has 0 aliphatic heterocycles. The van der Waals surface area contributed by atoms with E-state index in [0.717, 1.165) is 23.0 Å². The highest BCUT2D eigenvalue weighted by Gasteiger charge is 2.16. The molecule has 23 heavy (non-hydrogen) atoms. The number of nitrogens with zero attached hydrogens (tertiary/aromatic N) is 1. The molecular formula is C18H18N2O3. The Morgan fingerprint density at radius 2 is 2.13 bits per heavy atom. The second-order valence-electron chi connectivity index (χ2n) is 5.38. The number of hydrogen-bond donors (Lipinski definition) is 1. The molecule has 0 saturated heterocycles. The Morgan fingerprint density at radius 1 is 1.30 bits per heavy atom. The van der Waals surface area contributed by atoms with E-state index in [2.05, 4.69) is 30.4 Å². The third-order valence-corrected chi connectivity index (χ3v) is 3.70. The van der Waals surface area contributed by atoms with Gasteiger partial charge in [-0.15, -0.1) is 0 Å². The first-order valence-electron chi connectivity index (χ1n) is 7.50. The second kappa shape index (κ2) is 6.12. The van der Waals surface area contributed by atoms with Crippen LogP contribution in [0, 0.1) is 6.92 Å². The van der Waals surface area contributed by atoms with E-state index in [1.165, 1.54) is 11.8 Å². The van der Waals surface area contributed by atoms with Crippen molar-refractivity contribution in [1.29, 1.82) is 0 Å². The molecule has 0 atom stereocenters. The number of fused-ring (bicyclic) bond motifs is 1. The van der Waals surface area contributed by atoms with E-state index in [1.54, 1.807) is 12.1 Å². The minimum absolute atomic E-state index is 0.220. The Kier molecular flexibility index (Phi) is 4.02. The van der Waals surface area contributed by atoms with Crippen LogP contribution in [0.25, 0.3) is 11.0 Å². The van der Waals surface area contributed by atoms with Crippen LogP contribution in [0.2, 0.25) is 0 Å². The lowest BCUT2D eigenvalue weighted by atomic mass is 10.0. The maximum atomic E-state index is 11.9. The summed E-state index contributed by atoms with van der Waals surface area (Å²) in [6.07, 6.45) is 2.27. The average molecular weight is 310 g/mol. The number of amides is 1. The van der Waals surface area contributed by atoms with Crippen molar-refractivity contribution in [3.8, 4) is 0 Å². The van der Waals surface area contributed by atoms with E-state index in [-0.39, 0.29) is 11.7 Å². The molecule has 0 spiro atoms. The van der Waals surface area contributed by atoms with E-state index in [1.807, 2.05) is 19.1 Å². The van der Waals surface area contributed by atoms with Crippen LogP contribution in [-0.2, 0) is 6.42 Å². The summed E-state index contributed by atoms with van der Waals surface area (Å²) >= 11 is 0. The maximum Gasteiger partial charge on any atom is 0.307 e. The van der Waals surface area contributed by atoms with Crippen LogP contribution in [0.4, 0.5) is 0 Å². The van der Waals surface area contributed by atoms with Crippen molar-refractivity contribution in [1.82, 2.24) is 5.43 Å². The zero-order valence-corrected chi connectivity index (χ0v) is 13.3. The number of hydrogen-bond acceptors (Lipinski definition) is 4. The van der Waals surface area contributed by atoms with E-state index >= 15 is 0 Å². The molecule has 1 amide bonds. The lowest BCUT2D eigenvalue weighted by Crippen LogP contribution is -2.18. The van der Waals surface area contributed by atoms with Gasteiger partial charge in [-0.3, -0.25) is 4.79 Å². The predicted octanol–water partition coefficient (Wildman–Crippen LogP) is 4.05. The Labute approximate surface area is 134 Å². The Bertz CT molecular complexity index is 873. The summed E-state index contributed by atoms with van der Waals surface area (Å²) < 4.78 is 11.0. The van der Waals surface area contributed by atoms with Gasteiger partial charge in [0.25, 0.3) is 0 Å². The lowest BCUT2D eigenvalue weighted by molar-refractivity contribution is 0.0927. The number of hydrazone groups is 1. The van der Waals surface area contributed by atoms with Gasteiger partial charge in [0.1, 0.15) is 11.3 Å². The number of benzene rings is 1.